The average molecular weight is 223 g/mol. The quantitative estimate of drug-likeness (QED) is 0.800. The molecule has 0 bridgehead atoms. The molecule has 1 aromatic carbocycles. The first-order valence-corrected chi connectivity index (χ1v) is 5.71. The molecule has 1 aromatic heterocycles. The molecular formula is C14H13N3. The summed E-state index contributed by atoms with van der Waals surface area (Å²) in [6.45, 7) is 0.772. The summed E-state index contributed by atoms with van der Waals surface area (Å²) in [7, 11) is 0. The molecule has 2 aromatic rings. The lowest BCUT2D eigenvalue weighted by molar-refractivity contribution is 0.649. The van der Waals surface area contributed by atoms with Crippen LogP contribution in [0.2, 0.25) is 0 Å². The smallest absolute Gasteiger partial charge is 0.0933 e. The number of benzene rings is 1. The van der Waals surface area contributed by atoms with Gasteiger partial charge < -0.3 is 0 Å². The van der Waals surface area contributed by atoms with Crippen molar-refractivity contribution in [2.75, 3.05) is 0 Å². The summed E-state index contributed by atoms with van der Waals surface area (Å²) in [4.78, 5) is 0. The van der Waals surface area contributed by atoms with Gasteiger partial charge in [-0.3, -0.25) is 0 Å². The van der Waals surface area contributed by atoms with E-state index in [2.05, 4.69) is 34.6 Å². The third-order valence-electron chi connectivity index (χ3n) is 2.83. The van der Waals surface area contributed by atoms with Crippen LogP contribution in [0.5, 0.6) is 0 Å². The molecule has 0 radical (unpaired) electrons. The molecule has 0 fully saturated rings. The van der Waals surface area contributed by atoms with Gasteiger partial charge in [0.05, 0.1) is 12.2 Å². The molecule has 84 valence electrons. The molecule has 17 heavy (non-hydrogen) atoms. The molecule has 3 nitrogen and oxygen atoms in total. The van der Waals surface area contributed by atoms with Crippen molar-refractivity contribution in [3.63, 3.8) is 0 Å². The first-order chi connectivity index (χ1) is 8.42. The Morgan fingerprint density at radius 2 is 1.82 bits per heavy atom. The summed E-state index contributed by atoms with van der Waals surface area (Å²) in [5.74, 6) is 0.291. The van der Waals surface area contributed by atoms with Crippen LogP contribution in [0, 0.1) is 0 Å². The van der Waals surface area contributed by atoms with Crippen molar-refractivity contribution in [1.29, 1.82) is 0 Å². The molecule has 0 spiro atoms. The van der Waals surface area contributed by atoms with Crippen molar-refractivity contribution in [1.82, 2.24) is 15.0 Å². The van der Waals surface area contributed by atoms with Gasteiger partial charge in [0.2, 0.25) is 0 Å². The molecule has 1 aliphatic carbocycles. The number of hydrogen-bond acceptors (Lipinski definition) is 2. The number of aromatic nitrogens is 3. The molecule has 1 heterocycles. The van der Waals surface area contributed by atoms with Crippen molar-refractivity contribution in [3.05, 3.63) is 72.1 Å². The van der Waals surface area contributed by atoms with E-state index >= 15 is 0 Å². The SMILES string of the molecule is C1=CC(c2cn(Cc3ccccc3)nn2)C=C1. The van der Waals surface area contributed by atoms with E-state index in [0.29, 0.717) is 5.92 Å². The minimum Gasteiger partial charge on any atom is -0.248 e. The Hall–Kier alpha value is -2.16. The monoisotopic (exact) mass is 223 g/mol. The summed E-state index contributed by atoms with van der Waals surface area (Å²) in [6.07, 6.45) is 10.3. The summed E-state index contributed by atoms with van der Waals surface area (Å²) in [5, 5.41) is 8.36. The second kappa shape index (κ2) is 4.37. The summed E-state index contributed by atoms with van der Waals surface area (Å²) in [5.41, 5.74) is 2.24. The van der Waals surface area contributed by atoms with Gasteiger partial charge in [0.1, 0.15) is 0 Å². The highest BCUT2D eigenvalue weighted by Crippen LogP contribution is 2.20. The van der Waals surface area contributed by atoms with E-state index in [1.165, 1.54) is 5.56 Å². The van der Waals surface area contributed by atoms with Crippen LogP contribution in [0.1, 0.15) is 17.2 Å². The van der Waals surface area contributed by atoms with Gasteiger partial charge in [-0.2, -0.15) is 0 Å². The highest BCUT2D eigenvalue weighted by molar-refractivity contribution is 5.29. The molecule has 1 aliphatic rings. The Bertz CT molecular complexity index is 540. The van der Waals surface area contributed by atoms with Crippen LogP contribution in [0.3, 0.4) is 0 Å². The molecule has 3 rings (SSSR count). The molecule has 0 amide bonds. The largest absolute Gasteiger partial charge is 0.248 e. The average Bonchev–Trinajstić information content (AvgIpc) is 3.00. The van der Waals surface area contributed by atoms with Crippen molar-refractivity contribution in [2.24, 2.45) is 0 Å². The zero-order chi connectivity index (χ0) is 11.5. The molecule has 0 N–H and O–H groups in total. The van der Waals surface area contributed by atoms with Crippen LogP contribution < -0.4 is 0 Å². The van der Waals surface area contributed by atoms with E-state index in [4.69, 9.17) is 0 Å². The van der Waals surface area contributed by atoms with Gasteiger partial charge in [0, 0.05) is 12.1 Å². The second-order valence-corrected chi connectivity index (χ2v) is 4.12. The Balaban J connectivity index is 1.77. The fraction of sp³-hybridized carbons (Fsp3) is 0.143. The zero-order valence-corrected chi connectivity index (χ0v) is 9.40. The predicted octanol–water partition coefficient (Wildman–Crippen LogP) is 2.54. The van der Waals surface area contributed by atoms with Gasteiger partial charge in [0.15, 0.2) is 0 Å². The molecule has 0 unspecified atom stereocenters. The number of allylic oxidation sites excluding steroid dienone is 4. The van der Waals surface area contributed by atoms with Crippen molar-refractivity contribution < 1.29 is 0 Å². The normalized spacial score (nSPS) is 14.6. The van der Waals surface area contributed by atoms with Gasteiger partial charge >= 0.3 is 0 Å². The standard InChI is InChI=1S/C14H13N3/c1-2-6-12(7-3-1)10-17-11-14(15-16-17)13-8-4-5-9-13/h1-9,11,13H,10H2. The van der Waals surface area contributed by atoms with Crippen LogP contribution in [-0.2, 0) is 6.54 Å². The lowest BCUT2D eigenvalue weighted by Gasteiger charge is -2.00. The van der Waals surface area contributed by atoms with Gasteiger partial charge in [0.25, 0.3) is 0 Å². The highest BCUT2D eigenvalue weighted by Gasteiger charge is 2.11. The summed E-state index contributed by atoms with van der Waals surface area (Å²) < 4.78 is 1.88. The summed E-state index contributed by atoms with van der Waals surface area (Å²) >= 11 is 0. The first kappa shape index (κ1) is 10.0. The van der Waals surface area contributed by atoms with E-state index in [1.807, 2.05) is 41.2 Å². The lowest BCUT2D eigenvalue weighted by atomic mass is 10.1. The number of rotatable bonds is 3. The van der Waals surface area contributed by atoms with Gasteiger partial charge in [-0.25, -0.2) is 4.68 Å². The van der Waals surface area contributed by atoms with Crippen LogP contribution in [-0.4, -0.2) is 15.0 Å². The molecule has 0 saturated heterocycles. The van der Waals surface area contributed by atoms with Crippen LogP contribution in [0.25, 0.3) is 0 Å². The van der Waals surface area contributed by atoms with Gasteiger partial charge in [-0.15, -0.1) is 5.10 Å². The highest BCUT2D eigenvalue weighted by atomic mass is 15.4. The first-order valence-electron chi connectivity index (χ1n) is 5.71. The Kier molecular flexibility index (Phi) is 2.58. The van der Waals surface area contributed by atoms with Gasteiger partial charge in [-0.05, 0) is 5.56 Å². The Morgan fingerprint density at radius 3 is 2.59 bits per heavy atom. The lowest BCUT2D eigenvalue weighted by Crippen LogP contribution is -1.99. The maximum atomic E-state index is 4.20. The number of nitrogens with zero attached hydrogens (tertiary/aromatic N) is 3. The van der Waals surface area contributed by atoms with E-state index in [1.54, 1.807) is 0 Å². The van der Waals surface area contributed by atoms with Crippen LogP contribution in [0.4, 0.5) is 0 Å². The fourth-order valence-corrected chi connectivity index (χ4v) is 1.94. The molecule has 3 heteroatoms. The van der Waals surface area contributed by atoms with E-state index in [9.17, 15) is 0 Å². The van der Waals surface area contributed by atoms with E-state index in [0.717, 1.165) is 12.2 Å². The number of hydrogen-bond donors (Lipinski definition) is 0. The summed E-state index contributed by atoms with van der Waals surface area (Å²) in [6, 6.07) is 10.3. The van der Waals surface area contributed by atoms with Gasteiger partial charge in [-0.1, -0.05) is 59.8 Å². The minimum absolute atomic E-state index is 0.291. The minimum atomic E-state index is 0.291. The third kappa shape index (κ3) is 2.18. The maximum Gasteiger partial charge on any atom is 0.0933 e. The molecular weight excluding hydrogens is 210 g/mol. The van der Waals surface area contributed by atoms with E-state index < -0.39 is 0 Å². The Morgan fingerprint density at radius 1 is 1.06 bits per heavy atom. The van der Waals surface area contributed by atoms with Crippen molar-refractivity contribution in [2.45, 2.75) is 12.5 Å². The zero-order valence-electron chi connectivity index (χ0n) is 9.40. The maximum absolute atomic E-state index is 4.20. The molecule has 0 saturated carbocycles. The van der Waals surface area contributed by atoms with Crippen LogP contribution in [0.15, 0.2) is 60.8 Å². The van der Waals surface area contributed by atoms with Crippen molar-refractivity contribution >= 4 is 0 Å². The second-order valence-electron chi connectivity index (χ2n) is 4.12. The third-order valence-corrected chi connectivity index (χ3v) is 2.83. The fourth-order valence-electron chi connectivity index (χ4n) is 1.94. The Labute approximate surface area is 100 Å². The molecule has 0 aliphatic heterocycles. The topological polar surface area (TPSA) is 30.7 Å². The van der Waals surface area contributed by atoms with E-state index in [-0.39, 0.29) is 0 Å². The molecule has 0 atom stereocenters. The predicted molar refractivity (Wildman–Crippen MR) is 66.6 cm³/mol. The van der Waals surface area contributed by atoms with Crippen LogP contribution >= 0.6 is 0 Å². The van der Waals surface area contributed by atoms with Crippen molar-refractivity contribution in [3.8, 4) is 0 Å².